The zero-order chi connectivity index (χ0) is 31.9. The molecule has 0 radical (unpaired) electrons. The first kappa shape index (κ1) is 33.6. The molecule has 0 aliphatic heterocycles. The predicted molar refractivity (Wildman–Crippen MR) is 152 cm³/mol. The van der Waals surface area contributed by atoms with Gasteiger partial charge in [-0.25, -0.2) is 4.39 Å². The quantitative estimate of drug-likeness (QED) is 0.274. The van der Waals surface area contributed by atoms with Crippen LogP contribution in [-0.2, 0) is 18.9 Å². The third-order valence-corrected chi connectivity index (χ3v) is 7.62. The van der Waals surface area contributed by atoms with Crippen LogP contribution in [0.4, 0.5) is 30.7 Å². The molecular weight excluding hydrogens is 559 g/mol. The molecule has 0 aliphatic rings. The zero-order valence-corrected chi connectivity index (χ0v) is 25.1. The molecular formula is C33H38F7NO. The Morgan fingerprint density at radius 1 is 0.762 bits per heavy atom. The largest absolute Gasteiger partial charge is 0.416 e. The smallest absolute Gasteiger partial charge is 0.387 e. The normalized spacial score (nSPS) is 14.5. The minimum Gasteiger partial charge on any atom is -0.387 e. The molecule has 3 rings (SSSR count). The van der Waals surface area contributed by atoms with E-state index in [1.165, 1.54) is 6.07 Å². The van der Waals surface area contributed by atoms with Crippen LogP contribution >= 0.6 is 0 Å². The Morgan fingerprint density at radius 3 is 1.79 bits per heavy atom. The van der Waals surface area contributed by atoms with Crippen LogP contribution in [-0.4, -0.2) is 21.6 Å². The maximum Gasteiger partial charge on any atom is 0.416 e. The predicted octanol–water partition coefficient (Wildman–Crippen LogP) is 9.99. The summed E-state index contributed by atoms with van der Waals surface area (Å²) in [6, 6.07) is 9.45. The number of nitrogens with zero attached hydrogens (tertiary/aromatic N) is 1. The average Bonchev–Trinajstić information content (AvgIpc) is 2.84. The van der Waals surface area contributed by atoms with E-state index in [0.717, 1.165) is 27.8 Å². The molecule has 0 aliphatic carbocycles. The molecule has 0 heterocycles. The highest BCUT2D eigenvalue weighted by Crippen LogP contribution is 2.40. The van der Waals surface area contributed by atoms with Gasteiger partial charge in [0.15, 0.2) is 0 Å². The van der Waals surface area contributed by atoms with Gasteiger partial charge in [0, 0.05) is 18.1 Å². The number of aliphatic hydroxyl groups excluding tert-OH is 1. The molecule has 9 heteroatoms. The number of rotatable bonds is 7. The molecule has 42 heavy (non-hydrogen) atoms. The lowest BCUT2D eigenvalue weighted by Gasteiger charge is -2.43. The fourth-order valence-corrected chi connectivity index (χ4v) is 5.31. The third-order valence-electron chi connectivity index (χ3n) is 7.62. The van der Waals surface area contributed by atoms with Crippen molar-refractivity contribution in [2.45, 2.75) is 97.9 Å². The highest BCUT2D eigenvalue weighted by molar-refractivity contribution is 5.72. The molecule has 0 spiro atoms. The molecule has 0 fully saturated rings. The summed E-state index contributed by atoms with van der Waals surface area (Å²) in [4.78, 5) is 1.85. The van der Waals surface area contributed by atoms with Crippen molar-refractivity contribution in [3.05, 3.63) is 93.3 Å². The minimum atomic E-state index is -5.03. The molecule has 3 aromatic carbocycles. The van der Waals surface area contributed by atoms with Crippen LogP contribution in [0.15, 0.2) is 48.5 Å². The molecule has 2 nitrogen and oxygen atoms in total. The lowest BCUT2D eigenvalue weighted by atomic mass is 9.89. The van der Waals surface area contributed by atoms with Crippen LogP contribution in [0.2, 0.25) is 0 Å². The molecule has 0 aromatic heterocycles. The Hall–Kier alpha value is -2.91. The second-order valence-corrected chi connectivity index (χ2v) is 12.3. The topological polar surface area (TPSA) is 23.5 Å². The van der Waals surface area contributed by atoms with E-state index in [-0.39, 0.29) is 24.3 Å². The van der Waals surface area contributed by atoms with E-state index in [0.29, 0.717) is 17.7 Å². The highest BCUT2D eigenvalue weighted by Gasteiger charge is 2.39. The summed E-state index contributed by atoms with van der Waals surface area (Å²) in [6.45, 7) is 14.9. The second kappa shape index (κ2) is 12.0. The number of alkyl halides is 6. The van der Waals surface area contributed by atoms with Gasteiger partial charge in [-0.15, -0.1) is 0 Å². The maximum atomic E-state index is 14.7. The van der Waals surface area contributed by atoms with Crippen molar-refractivity contribution in [2.24, 2.45) is 0 Å². The van der Waals surface area contributed by atoms with Gasteiger partial charge in [0.2, 0.25) is 0 Å². The summed E-state index contributed by atoms with van der Waals surface area (Å²) in [5.41, 5.74) is 0.616. The lowest BCUT2D eigenvalue weighted by molar-refractivity contribution is -0.143. The summed E-state index contributed by atoms with van der Waals surface area (Å²) in [7, 11) is 0. The van der Waals surface area contributed by atoms with Crippen LogP contribution in [0.3, 0.4) is 0 Å². The van der Waals surface area contributed by atoms with Crippen molar-refractivity contribution in [2.75, 3.05) is 0 Å². The van der Waals surface area contributed by atoms with Gasteiger partial charge in [-0.2, -0.15) is 26.3 Å². The van der Waals surface area contributed by atoms with Gasteiger partial charge in [-0.3, -0.25) is 4.90 Å². The molecule has 0 bridgehead atoms. The van der Waals surface area contributed by atoms with E-state index < -0.39 is 46.7 Å². The first-order valence-corrected chi connectivity index (χ1v) is 13.8. The van der Waals surface area contributed by atoms with Crippen LogP contribution in [0.25, 0.3) is 11.1 Å². The summed E-state index contributed by atoms with van der Waals surface area (Å²) in [6.07, 6.45) is -11.7. The van der Waals surface area contributed by atoms with E-state index >= 15 is 0 Å². The lowest BCUT2D eigenvalue weighted by Crippen LogP contribution is -2.48. The van der Waals surface area contributed by atoms with Crippen LogP contribution in [0.1, 0.15) is 92.5 Å². The van der Waals surface area contributed by atoms with E-state index in [1.54, 1.807) is 6.92 Å². The van der Waals surface area contributed by atoms with Crippen LogP contribution in [0, 0.1) is 19.7 Å². The van der Waals surface area contributed by atoms with Gasteiger partial charge in [0.1, 0.15) is 5.82 Å². The Morgan fingerprint density at radius 2 is 1.31 bits per heavy atom. The molecule has 3 aromatic rings. The second-order valence-electron chi connectivity index (χ2n) is 12.3. The van der Waals surface area contributed by atoms with E-state index in [4.69, 9.17) is 0 Å². The highest BCUT2D eigenvalue weighted by atomic mass is 19.4. The monoisotopic (exact) mass is 597 g/mol. The summed E-state index contributed by atoms with van der Waals surface area (Å²) in [5.74, 6) is -0.360. The Kier molecular flexibility index (Phi) is 9.59. The van der Waals surface area contributed by atoms with Crippen molar-refractivity contribution in [1.82, 2.24) is 4.90 Å². The molecule has 0 amide bonds. The van der Waals surface area contributed by atoms with Gasteiger partial charge in [-0.1, -0.05) is 37.6 Å². The number of hydrogen-bond acceptors (Lipinski definition) is 2. The fourth-order valence-electron chi connectivity index (χ4n) is 5.31. The average molecular weight is 598 g/mol. The number of benzene rings is 3. The van der Waals surface area contributed by atoms with Crippen molar-refractivity contribution < 1.29 is 35.8 Å². The van der Waals surface area contributed by atoms with Gasteiger partial charge < -0.3 is 5.11 Å². The summed E-state index contributed by atoms with van der Waals surface area (Å²) < 4.78 is 95.9. The van der Waals surface area contributed by atoms with E-state index in [2.05, 4.69) is 0 Å². The number of hydrogen-bond donors (Lipinski definition) is 1. The number of halogens is 7. The standard InChI is InChI=1S/C33H38F7NO/c1-18(2)27-16-28(20(4)12-29(27)34)26-10-9-19(3)11-23(26)17-41(31(6,7)8)21(5)30(42)22-13-24(32(35,36)37)15-25(14-22)33(38,39)40/h9-16,18,21,30,42H,17H2,1-8H3/t21-,30-/m0/s1. The van der Waals surface area contributed by atoms with Gasteiger partial charge in [0.25, 0.3) is 0 Å². The first-order valence-electron chi connectivity index (χ1n) is 13.8. The Balaban J connectivity index is 2.12. The Bertz CT molecular complexity index is 1390. The van der Waals surface area contributed by atoms with E-state index in [1.807, 2.05) is 77.6 Å². The van der Waals surface area contributed by atoms with Crippen molar-refractivity contribution in [3.63, 3.8) is 0 Å². The molecule has 2 atom stereocenters. The minimum absolute atomic E-state index is 0.0535. The summed E-state index contributed by atoms with van der Waals surface area (Å²) >= 11 is 0. The first-order chi connectivity index (χ1) is 19.1. The number of aliphatic hydroxyl groups is 1. The SMILES string of the molecule is Cc1ccc(-c2cc(C(C)C)c(F)cc2C)c(CN([C@@H](C)[C@H](O)c2cc(C(F)(F)F)cc(C(F)(F)F)c2)C(C)(C)C)c1. The molecule has 0 unspecified atom stereocenters. The third kappa shape index (κ3) is 7.53. The van der Waals surface area contributed by atoms with E-state index in [9.17, 15) is 35.8 Å². The van der Waals surface area contributed by atoms with Crippen LogP contribution in [0.5, 0.6) is 0 Å². The van der Waals surface area contributed by atoms with Gasteiger partial charge in [-0.05, 0) is 111 Å². The maximum absolute atomic E-state index is 14.7. The molecule has 0 saturated carbocycles. The van der Waals surface area contributed by atoms with Crippen LogP contribution < -0.4 is 0 Å². The summed E-state index contributed by atoms with van der Waals surface area (Å²) in [5, 5.41) is 11.3. The van der Waals surface area contributed by atoms with Gasteiger partial charge >= 0.3 is 12.4 Å². The zero-order valence-electron chi connectivity index (χ0n) is 25.1. The van der Waals surface area contributed by atoms with Crippen molar-refractivity contribution in [3.8, 4) is 11.1 Å². The Labute approximate surface area is 243 Å². The molecule has 0 saturated heterocycles. The molecule has 230 valence electrons. The fraction of sp³-hybridized carbons (Fsp3) is 0.455. The van der Waals surface area contributed by atoms with Crippen molar-refractivity contribution >= 4 is 0 Å². The number of aryl methyl sites for hydroxylation is 2. The van der Waals surface area contributed by atoms with Crippen molar-refractivity contribution in [1.29, 1.82) is 0 Å². The molecule has 1 N–H and O–H groups in total. The van der Waals surface area contributed by atoms with Gasteiger partial charge in [0.05, 0.1) is 17.2 Å².